The van der Waals surface area contributed by atoms with Crippen LogP contribution >= 0.6 is 0 Å². The van der Waals surface area contributed by atoms with Gasteiger partial charge in [-0.2, -0.15) is 0 Å². The molecule has 148 valence electrons. The van der Waals surface area contributed by atoms with Crippen molar-refractivity contribution in [1.29, 1.82) is 0 Å². The molecule has 1 aromatic carbocycles. The van der Waals surface area contributed by atoms with E-state index >= 15 is 0 Å². The van der Waals surface area contributed by atoms with Crippen molar-refractivity contribution in [2.75, 3.05) is 23.9 Å². The topological polar surface area (TPSA) is 113 Å². The van der Waals surface area contributed by atoms with Crippen molar-refractivity contribution in [1.82, 2.24) is 10.2 Å². The van der Waals surface area contributed by atoms with Crippen LogP contribution in [-0.4, -0.2) is 55.8 Å². The predicted molar refractivity (Wildman–Crippen MR) is 102 cm³/mol. The van der Waals surface area contributed by atoms with Gasteiger partial charge in [-0.1, -0.05) is 32.0 Å². The normalized spacial score (nSPS) is 17.1. The summed E-state index contributed by atoms with van der Waals surface area (Å²) in [6, 6.07) is 4.16. The number of nitrogens with zero attached hydrogens (tertiary/aromatic N) is 1. The molecule has 8 nitrogen and oxygen atoms in total. The van der Waals surface area contributed by atoms with E-state index in [4.69, 9.17) is 0 Å². The highest BCUT2D eigenvalue weighted by atomic mass is 32.2. The van der Waals surface area contributed by atoms with Gasteiger partial charge in [0, 0.05) is 11.9 Å². The molecule has 0 bridgehead atoms. The van der Waals surface area contributed by atoms with Crippen LogP contribution in [-0.2, 0) is 32.3 Å². The van der Waals surface area contributed by atoms with Crippen LogP contribution in [0.1, 0.15) is 31.4 Å². The molecule has 4 amide bonds. The number of benzene rings is 1. The van der Waals surface area contributed by atoms with Gasteiger partial charge in [-0.3, -0.25) is 14.5 Å². The first-order chi connectivity index (χ1) is 12.7. The second-order valence-corrected chi connectivity index (χ2v) is 8.81. The van der Waals surface area contributed by atoms with E-state index < -0.39 is 40.3 Å². The van der Waals surface area contributed by atoms with Crippen LogP contribution in [0, 0.1) is 0 Å². The molecule has 1 fully saturated rings. The number of nitrogens with one attached hydrogen (secondary N) is 2. The van der Waals surface area contributed by atoms with Crippen LogP contribution in [0.2, 0.25) is 0 Å². The molecule has 1 atom stereocenters. The molecule has 0 unspecified atom stereocenters. The van der Waals surface area contributed by atoms with E-state index in [1.165, 1.54) is 0 Å². The number of imide groups is 1. The maximum Gasteiger partial charge on any atom is 0.325 e. The van der Waals surface area contributed by atoms with Crippen LogP contribution < -0.4 is 10.6 Å². The highest BCUT2D eigenvalue weighted by Crippen LogP contribution is 2.22. The van der Waals surface area contributed by atoms with Gasteiger partial charge in [0.1, 0.15) is 22.4 Å². The Morgan fingerprint density at radius 1 is 1.19 bits per heavy atom. The zero-order valence-corrected chi connectivity index (χ0v) is 16.6. The zero-order chi connectivity index (χ0) is 20.2. The number of rotatable bonds is 8. The zero-order valence-electron chi connectivity index (χ0n) is 15.7. The Labute approximate surface area is 159 Å². The maximum absolute atomic E-state index is 12.4. The number of sulfone groups is 1. The number of amides is 4. The molecule has 2 rings (SSSR count). The average Bonchev–Trinajstić information content (AvgIpc) is 2.87. The SMILES string of the molecule is CCc1cccc(CC)c1NC(=O)CN1C(=O)N[C@@H](CCS(C)(=O)=O)C1=O. The quantitative estimate of drug-likeness (QED) is 0.640. The lowest BCUT2D eigenvalue weighted by Crippen LogP contribution is -2.38. The third-order valence-electron chi connectivity index (χ3n) is 4.45. The van der Waals surface area contributed by atoms with E-state index in [1.807, 2.05) is 32.0 Å². The van der Waals surface area contributed by atoms with Crippen molar-refractivity contribution in [3.05, 3.63) is 29.3 Å². The minimum atomic E-state index is -3.25. The van der Waals surface area contributed by atoms with Crippen LogP contribution in [0.3, 0.4) is 0 Å². The lowest BCUT2D eigenvalue weighted by Gasteiger charge is -2.17. The molecule has 27 heavy (non-hydrogen) atoms. The highest BCUT2D eigenvalue weighted by Gasteiger charge is 2.39. The van der Waals surface area contributed by atoms with E-state index in [1.54, 1.807) is 0 Å². The maximum atomic E-state index is 12.4. The first kappa shape index (κ1) is 20.9. The number of aryl methyl sites for hydroxylation is 2. The van der Waals surface area contributed by atoms with Crippen molar-refractivity contribution in [2.45, 2.75) is 39.2 Å². The summed E-state index contributed by atoms with van der Waals surface area (Å²) in [7, 11) is -3.25. The molecule has 0 radical (unpaired) electrons. The third-order valence-corrected chi connectivity index (χ3v) is 5.43. The Morgan fingerprint density at radius 2 is 1.78 bits per heavy atom. The molecule has 0 aliphatic carbocycles. The van der Waals surface area contributed by atoms with E-state index in [2.05, 4.69) is 10.6 Å². The summed E-state index contributed by atoms with van der Waals surface area (Å²) in [6.45, 7) is 3.55. The second kappa shape index (κ2) is 8.51. The summed E-state index contributed by atoms with van der Waals surface area (Å²) in [4.78, 5) is 37.6. The first-order valence-electron chi connectivity index (χ1n) is 8.86. The van der Waals surface area contributed by atoms with Crippen LogP contribution in [0.25, 0.3) is 0 Å². The van der Waals surface area contributed by atoms with Gasteiger partial charge in [0.2, 0.25) is 5.91 Å². The number of carbonyl (C=O) groups is 3. The Morgan fingerprint density at radius 3 is 2.30 bits per heavy atom. The van der Waals surface area contributed by atoms with Crippen molar-refractivity contribution in [2.24, 2.45) is 0 Å². The number of hydrogen-bond donors (Lipinski definition) is 2. The number of para-hydroxylation sites is 1. The third kappa shape index (κ3) is 5.29. The molecule has 1 saturated heterocycles. The monoisotopic (exact) mass is 395 g/mol. The van der Waals surface area contributed by atoms with Crippen molar-refractivity contribution in [3.8, 4) is 0 Å². The summed E-state index contributed by atoms with van der Waals surface area (Å²) in [6.07, 6.45) is 2.52. The van der Waals surface area contributed by atoms with Crippen LogP contribution in [0.4, 0.5) is 10.5 Å². The van der Waals surface area contributed by atoms with Crippen molar-refractivity contribution < 1.29 is 22.8 Å². The lowest BCUT2D eigenvalue weighted by atomic mass is 10.0. The van der Waals surface area contributed by atoms with Gasteiger partial charge in [-0.05, 0) is 30.4 Å². The number of urea groups is 1. The second-order valence-electron chi connectivity index (χ2n) is 6.55. The number of anilines is 1. The first-order valence-corrected chi connectivity index (χ1v) is 10.9. The summed E-state index contributed by atoms with van der Waals surface area (Å²) < 4.78 is 22.5. The van der Waals surface area contributed by atoms with Crippen LogP contribution in [0.15, 0.2) is 18.2 Å². The Hall–Kier alpha value is -2.42. The minimum Gasteiger partial charge on any atom is -0.326 e. The summed E-state index contributed by atoms with van der Waals surface area (Å²) in [5, 5.41) is 5.25. The fourth-order valence-electron chi connectivity index (χ4n) is 2.98. The Bertz CT molecular complexity index is 828. The summed E-state index contributed by atoms with van der Waals surface area (Å²) in [5.74, 6) is -1.27. The molecule has 0 spiro atoms. The fourth-order valence-corrected chi connectivity index (χ4v) is 3.64. The lowest BCUT2D eigenvalue weighted by molar-refractivity contribution is -0.130. The standard InChI is InChI=1S/C18H25N3O5S/c1-4-12-7-6-8-13(5-2)16(12)20-15(22)11-21-17(23)14(19-18(21)24)9-10-27(3,25)26/h6-8,14H,4-5,9-11H2,1-3H3,(H,19,24)(H,20,22)/t14-/m0/s1. The Balaban J connectivity index is 2.06. The molecule has 1 heterocycles. The molecular weight excluding hydrogens is 370 g/mol. The van der Waals surface area contributed by atoms with E-state index in [-0.39, 0.29) is 12.2 Å². The van der Waals surface area contributed by atoms with Crippen LogP contribution in [0.5, 0.6) is 0 Å². The predicted octanol–water partition coefficient (Wildman–Crippen LogP) is 1.10. The molecule has 1 aliphatic heterocycles. The van der Waals surface area contributed by atoms with Crippen molar-refractivity contribution >= 4 is 33.4 Å². The molecule has 0 aromatic heterocycles. The van der Waals surface area contributed by atoms with Gasteiger partial charge in [0.05, 0.1) is 5.75 Å². The van der Waals surface area contributed by atoms with Gasteiger partial charge in [-0.15, -0.1) is 0 Å². The molecule has 1 aliphatic rings. The van der Waals surface area contributed by atoms with Gasteiger partial charge < -0.3 is 10.6 Å². The molecule has 0 saturated carbocycles. The van der Waals surface area contributed by atoms with E-state index in [0.29, 0.717) is 5.69 Å². The number of hydrogen-bond acceptors (Lipinski definition) is 5. The van der Waals surface area contributed by atoms with Gasteiger partial charge in [0.25, 0.3) is 5.91 Å². The number of carbonyl (C=O) groups excluding carboxylic acids is 3. The average molecular weight is 395 g/mol. The van der Waals surface area contributed by atoms with E-state index in [9.17, 15) is 22.8 Å². The molecule has 9 heteroatoms. The highest BCUT2D eigenvalue weighted by molar-refractivity contribution is 7.90. The Kier molecular flexibility index (Phi) is 6.59. The van der Waals surface area contributed by atoms with Gasteiger partial charge in [0.15, 0.2) is 0 Å². The molecular formula is C18H25N3O5S. The minimum absolute atomic E-state index is 0.0137. The van der Waals surface area contributed by atoms with Gasteiger partial charge in [-0.25, -0.2) is 13.2 Å². The summed E-state index contributed by atoms with van der Waals surface area (Å²) in [5.41, 5.74) is 2.67. The van der Waals surface area contributed by atoms with E-state index in [0.717, 1.165) is 35.1 Å². The largest absolute Gasteiger partial charge is 0.326 e. The van der Waals surface area contributed by atoms with Crippen molar-refractivity contribution in [3.63, 3.8) is 0 Å². The smallest absolute Gasteiger partial charge is 0.325 e. The van der Waals surface area contributed by atoms with Gasteiger partial charge >= 0.3 is 6.03 Å². The fraction of sp³-hybridized carbons (Fsp3) is 0.500. The summed E-state index contributed by atoms with van der Waals surface area (Å²) >= 11 is 0. The molecule has 1 aromatic rings. The molecule has 2 N–H and O–H groups in total.